The fourth-order valence-electron chi connectivity index (χ4n) is 26.6. The molecule has 0 fully saturated rings. The van der Waals surface area contributed by atoms with Crippen molar-refractivity contribution >= 4 is 176 Å². The summed E-state index contributed by atoms with van der Waals surface area (Å²) in [5, 5.41) is 20.2. The normalized spacial score (nSPS) is 18.0. The molecule has 0 spiro atoms. The minimum absolute atomic E-state index is 0.0657. The van der Waals surface area contributed by atoms with Crippen LogP contribution >= 0.6 is 0 Å². The maximum atomic E-state index is 12.0. The summed E-state index contributed by atoms with van der Waals surface area (Å²) in [6.07, 6.45) is 13.6. The van der Waals surface area contributed by atoms with Crippen LogP contribution in [0.15, 0.2) is 325 Å². The van der Waals surface area contributed by atoms with Crippen LogP contribution in [0.3, 0.4) is 0 Å². The lowest BCUT2D eigenvalue weighted by Crippen LogP contribution is -2.64. The summed E-state index contributed by atoms with van der Waals surface area (Å²) in [6.45, 7) is 71.3. The molecular weight excluding hydrogens is 1840 g/mol. The second-order valence-corrected chi connectivity index (χ2v) is 47.4. The molecule has 12 heteroatoms. The van der Waals surface area contributed by atoms with Crippen LogP contribution in [-0.4, -0.2) is 105 Å². The Kier molecular flexibility index (Phi) is 26.8. The van der Waals surface area contributed by atoms with E-state index >= 15 is 0 Å². The molecule has 8 heterocycles. The number of hydrogen-bond donors (Lipinski definition) is 1. The average Bonchev–Trinajstić information content (AvgIpc) is 1.62. The summed E-state index contributed by atoms with van der Waals surface area (Å²) in [7, 11) is -4.60. The van der Waals surface area contributed by atoms with Gasteiger partial charge in [-0.15, -0.1) is 0 Å². The molecule has 0 saturated carbocycles. The van der Waals surface area contributed by atoms with Crippen LogP contribution in [0.5, 0.6) is 0 Å². The second kappa shape index (κ2) is 38.6. The maximum Gasteiger partial charge on any atom is 0.210 e. The molecule has 16 aromatic carbocycles. The molecule has 0 aliphatic carbocycles. The van der Waals surface area contributed by atoms with Crippen molar-refractivity contribution in [2.45, 2.75) is 249 Å². The minimum atomic E-state index is -4.60. The molecule has 0 atom stereocenters. The smallest absolute Gasteiger partial charge is 0.210 e. The Morgan fingerprint density at radius 3 is 1.06 bits per heavy atom. The van der Waals surface area contributed by atoms with Crippen molar-refractivity contribution in [3.63, 3.8) is 0 Å². The van der Waals surface area contributed by atoms with Gasteiger partial charge >= 0.3 is 0 Å². The van der Waals surface area contributed by atoms with E-state index in [0.29, 0.717) is 5.39 Å². The van der Waals surface area contributed by atoms with Crippen molar-refractivity contribution in [2.24, 2.45) is 4.99 Å². The van der Waals surface area contributed by atoms with E-state index in [4.69, 9.17) is 0 Å². The highest BCUT2D eigenvalue weighted by molar-refractivity contribution is 7.86. The van der Waals surface area contributed by atoms with Crippen molar-refractivity contribution < 1.29 is 36.3 Å². The fourth-order valence-corrected chi connectivity index (χ4v) is 27.3. The minimum Gasteiger partial charge on any atom is -0.744 e. The van der Waals surface area contributed by atoms with E-state index in [9.17, 15) is 13.0 Å². The number of hydrogen-bond acceptors (Lipinski definition) is 6. The number of anilines is 2. The highest BCUT2D eigenvalue weighted by Gasteiger charge is 2.51. The van der Waals surface area contributed by atoms with E-state index in [-0.39, 0.29) is 42.8 Å². The van der Waals surface area contributed by atoms with E-state index in [2.05, 4.69) is 512 Å². The van der Waals surface area contributed by atoms with Gasteiger partial charge in [0.15, 0.2) is 28.6 Å². The predicted molar refractivity (Wildman–Crippen MR) is 636 cm³/mol. The number of allylic oxidation sites excluding steroid dienone is 8. The molecule has 0 radical (unpaired) electrons. The highest BCUT2D eigenvalue weighted by atomic mass is 32.2. The van der Waals surface area contributed by atoms with Gasteiger partial charge in [0.1, 0.15) is 36.3 Å². The molecule has 0 unspecified atom stereocenters. The standard InChI is InChI=1S/C36H38N2O3S.C35H37N2.C18H22N.C17H20N.C16H17N.C15H15N/c1-8-37-28-21-19-24-23(3)13-10-14-26(24)33(28)35(4,5)31(37)17-12-18-32-36(6,7)34-27-15-11-16-30(42(39,40)41)25(27)20-22-29(34)38(32)9-2;1-7-36-28-22-20-24-14-9-11-16-26(24)32(28)34(3,4)30(36)18-13-19-31-35(5,6)33-27-17-12-10-15-25(27)21-23-29(33)37(31)8-2;1-6-19-13(3)18(4,5)17-15-9-7-8-12(2)14(15)10-11-16(17)19;1-5-18-12(2)17(3,4)16-14-9-7-6-8-13(14)10-11-15(16)18;1-10-6-5-7-13-12(10)8-9-14-15(13)16(3,4)11(2)17-14;1-10-15(2,3)14-12-7-5-4-6-11(12)8-9-13(14)16-10/h10-22H,8-9H2,1-7H3;9-23H,7-8H2,1-6H3;7-11H,6H2,1-5H3;6-11H,5H2,1-4H3;5-9H,1-4H3;4-9H,1-3H3/q;3*+1;;/p+1. The van der Waals surface area contributed by atoms with Crippen LogP contribution in [0.25, 0.3) is 86.2 Å². The zero-order valence-electron chi connectivity index (χ0n) is 93.4. The summed E-state index contributed by atoms with van der Waals surface area (Å²) >= 11 is 0. The van der Waals surface area contributed by atoms with E-state index in [0.717, 1.165) is 67.3 Å². The van der Waals surface area contributed by atoms with Gasteiger partial charge in [-0.1, -0.05) is 236 Å². The van der Waals surface area contributed by atoms with Gasteiger partial charge in [-0.3, -0.25) is 4.99 Å². The first kappa shape index (κ1) is 104. The molecule has 149 heavy (non-hydrogen) atoms. The molecule has 0 saturated heterocycles. The molecule has 8 aliphatic rings. The number of aryl methyl sites for hydroxylation is 3. The molecule has 11 nitrogen and oxygen atoms in total. The van der Waals surface area contributed by atoms with Gasteiger partial charge < -0.3 is 14.4 Å². The van der Waals surface area contributed by atoms with Gasteiger partial charge in [-0.2, -0.15) is 18.3 Å². The Hall–Kier alpha value is -13.9. The molecule has 0 aromatic heterocycles. The van der Waals surface area contributed by atoms with Crippen molar-refractivity contribution in [1.82, 2.24) is 0 Å². The van der Waals surface area contributed by atoms with Crippen LogP contribution in [0, 0.1) is 20.8 Å². The first-order valence-electron chi connectivity index (χ1n) is 54.0. The fraction of sp³-hybridized carbons (Fsp3) is 0.314. The lowest BCUT2D eigenvalue weighted by molar-refractivity contribution is -0.434. The van der Waals surface area contributed by atoms with E-state index in [1.54, 1.807) is 12.1 Å². The number of nitrogens with zero attached hydrogens (tertiary/aromatic N) is 7. The molecule has 1 N–H and O–H groups in total. The SMILES string of the molecule is CC1=Nc2ccc3ccccc3c2C1(C)C.CC1=[NH+]c2ccc3c(C)cccc3c2C1(C)C.CCN1/C(=C\C=C\C2=[N+](CC)c3ccc4ccccc4c3C2(C)C)C(C)(C)c2c1ccc1ccccc21.CCN1C(=CC=CC2=[N+](CC)c3ccc4c(S(=O)(=O)[O-])cccc4c3C2(C)C)C(C)(C)c2c1ccc1c(C)cccc21.CC[N+]1=C(C)C(C)(C)c2c1ccc1c(C)cccc21.CC[N+]1=C(C)C(C)(C)c2c1ccc1ccccc21. The number of nitrogens with one attached hydrogen (secondary N) is 1. The summed E-state index contributed by atoms with van der Waals surface area (Å²) in [6, 6.07) is 94.9. The Balaban J connectivity index is 0.000000118. The van der Waals surface area contributed by atoms with E-state index in [1.165, 1.54) is 211 Å². The Labute approximate surface area is 885 Å². The van der Waals surface area contributed by atoms with E-state index < -0.39 is 15.5 Å². The summed E-state index contributed by atoms with van der Waals surface area (Å²) in [5.74, 6) is 0. The third-order valence-corrected chi connectivity index (χ3v) is 36.0. The summed E-state index contributed by atoms with van der Waals surface area (Å²) in [4.78, 5) is 12.9. The number of aliphatic imine (C=N–C) groups is 1. The van der Waals surface area contributed by atoms with Crippen LogP contribution in [0.4, 0.5) is 45.5 Å². The molecule has 24 rings (SSSR count). The third kappa shape index (κ3) is 16.9. The van der Waals surface area contributed by atoms with Crippen molar-refractivity contribution in [2.75, 3.05) is 49.1 Å². The largest absolute Gasteiger partial charge is 0.744 e. The third-order valence-electron chi connectivity index (χ3n) is 35.1. The van der Waals surface area contributed by atoms with Gasteiger partial charge in [0.05, 0.1) is 37.7 Å². The van der Waals surface area contributed by atoms with Gasteiger partial charge in [-0.05, 0) is 325 Å². The Bertz CT molecular complexity index is 8760. The molecule has 0 bridgehead atoms. The Morgan fingerprint density at radius 1 is 0.302 bits per heavy atom. The molecule has 758 valence electrons. The zero-order chi connectivity index (χ0) is 106. The summed E-state index contributed by atoms with van der Waals surface area (Å²) in [5.41, 5.74) is 35.6. The summed E-state index contributed by atoms with van der Waals surface area (Å²) < 4.78 is 45.8. The number of benzene rings is 16. The molecule has 8 aliphatic heterocycles. The Morgan fingerprint density at radius 2 is 0.624 bits per heavy atom. The van der Waals surface area contributed by atoms with Gasteiger partial charge in [-0.25, -0.2) is 13.4 Å². The number of rotatable bonds is 11. The molecular formula is C137H150N8O3S+4. The van der Waals surface area contributed by atoms with Crippen LogP contribution in [-0.2, 0) is 53.4 Å². The van der Waals surface area contributed by atoms with Gasteiger partial charge in [0, 0.05) is 149 Å². The van der Waals surface area contributed by atoms with Crippen LogP contribution in [0.2, 0.25) is 0 Å². The lowest BCUT2D eigenvalue weighted by atomic mass is 9.78. The topological polar surface area (TPSA) is 102 Å². The molecule has 0 amide bonds. The van der Waals surface area contributed by atoms with Crippen molar-refractivity contribution in [3.05, 3.63) is 376 Å². The average molecular weight is 1990 g/mol. The first-order chi connectivity index (χ1) is 70.8. The quantitative estimate of drug-likeness (QED) is 0.103. The zero-order valence-corrected chi connectivity index (χ0v) is 94.2. The van der Waals surface area contributed by atoms with Gasteiger partial charge in [0.25, 0.3) is 0 Å². The number of fused-ring (bicyclic) bond motifs is 24. The lowest BCUT2D eigenvalue weighted by Gasteiger charge is -2.26. The van der Waals surface area contributed by atoms with E-state index in [1.807, 2.05) is 12.1 Å². The highest BCUT2D eigenvalue weighted by Crippen LogP contribution is 2.56. The number of likely N-dealkylation sites (N-methyl/N-ethyl adjacent to an activating group) is 2. The maximum absolute atomic E-state index is 12.0. The van der Waals surface area contributed by atoms with Crippen LogP contribution < -0.4 is 14.8 Å². The monoisotopic (exact) mass is 1990 g/mol. The van der Waals surface area contributed by atoms with Crippen LogP contribution in [0.1, 0.15) is 241 Å². The van der Waals surface area contributed by atoms with Crippen molar-refractivity contribution in [1.29, 1.82) is 0 Å². The van der Waals surface area contributed by atoms with Crippen molar-refractivity contribution in [3.8, 4) is 0 Å². The second-order valence-electron chi connectivity index (χ2n) is 46.1. The first-order valence-corrected chi connectivity index (χ1v) is 55.4. The predicted octanol–water partition coefficient (Wildman–Crippen LogP) is 32.2. The van der Waals surface area contributed by atoms with Gasteiger partial charge in [0.2, 0.25) is 28.4 Å². The molecule has 16 aromatic rings.